The molecule has 0 aliphatic carbocycles. The molecule has 0 spiro atoms. The van der Waals surface area contributed by atoms with Crippen molar-refractivity contribution < 1.29 is 14.3 Å². The summed E-state index contributed by atoms with van der Waals surface area (Å²) in [7, 11) is 3.28. The Bertz CT molecular complexity index is 770. The molecule has 0 radical (unpaired) electrons. The van der Waals surface area contributed by atoms with Crippen molar-refractivity contribution in [1.82, 2.24) is 24.4 Å². The van der Waals surface area contributed by atoms with E-state index >= 15 is 0 Å². The van der Waals surface area contributed by atoms with Gasteiger partial charge in [0.1, 0.15) is 6.10 Å². The molecule has 1 fully saturated rings. The predicted molar refractivity (Wildman–Crippen MR) is 86.8 cm³/mol. The van der Waals surface area contributed by atoms with E-state index in [0.717, 1.165) is 18.5 Å². The largest absolute Gasteiger partial charge is 0.444 e. The van der Waals surface area contributed by atoms with Crippen molar-refractivity contribution in [1.29, 1.82) is 0 Å². The van der Waals surface area contributed by atoms with E-state index in [1.54, 1.807) is 42.0 Å². The fraction of sp³-hybridized carbons (Fsp3) is 0.500. The third-order valence-electron chi connectivity index (χ3n) is 4.18. The van der Waals surface area contributed by atoms with E-state index < -0.39 is 0 Å². The van der Waals surface area contributed by atoms with Gasteiger partial charge in [0, 0.05) is 32.9 Å². The smallest absolute Gasteiger partial charge is 0.409 e. The van der Waals surface area contributed by atoms with Gasteiger partial charge in [-0.2, -0.15) is 5.10 Å². The van der Waals surface area contributed by atoms with Crippen molar-refractivity contribution in [3.8, 4) is 0 Å². The molecule has 2 amide bonds. The molecule has 8 nitrogen and oxygen atoms in total. The maximum atomic E-state index is 12.8. The van der Waals surface area contributed by atoms with Gasteiger partial charge < -0.3 is 14.5 Å². The normalized spacial score (nSPS) is 17.8. The number of hydrogen-bond acceptors (Lipinski definition) is 5. The molecular formula is C16H21N5O3. The molecule has 128 valence electrons. The van der Waals surface area contributed by atoms with Crippen molar-refractivity contribution in [3.63, 3.8) is 0 Å². The third-order valence-corrected chi connectivity index (χ3v) is 4.18. The van der Waals surface area contributed by atoms with Crippen molar-refractivity contribution >= 4 is 17.6 Å². The van der Waals surface area contributed by atoms with Crippen molar-refractivity contribution in [2.24, 2.45) is 0 Å². The van der Waals surface area contributed by atoms with Gasteiger partial charge in [-0.1, -0.05) is 0 Å². The minimum atomic E-state index is -0.384. The van der Waals surface area contributed by atoms with E-state index in [1.807, 2.05) is 6.92 Å². The van der Waals surface area contributed by atoms with Crippen LogP contribution >= 0.6 is 0 Å². The van der Waals surface area contributed by atoms with Crippen molar-refractivity contribution in [3.05, 3.63) is 29.7 Å². The number of rotatable bonds is 2. The number of likely N-dealkylation sites (tertiary alicyclic amines) is 1. The lowest BCUT2D eigenvalue weighted by Crippen LogP contribution is -2.45. The number of amides is 2. The Morgan fingerprint density at radius 2 is 2.17 bits per heavy atom. The summed E-state index contributed by atoms with van der Waals surface area (Å²) in [5, 5.41) is 4.19. The summed E-state index contributed by atoms with van der Waals surface area (Å²) in [6.07, 6.45) is 4.14. The number of nitrogens with zero attached hydrogens (tertiary/aromatic N) is 5. The molecule has 1 aliphatic rings. The second-order valence-electron chi connectivity index (χ2n) is 6.15. The van der Waals surface area contributed by atoms with Crippen LogP contribution in [-0.4, -0.2) is 69.7 Å². The first-order valence-corrected chi connectivity index (χ1v) is 7.94. The molecule has 3 rings (SSSR count). The number of aryl methyl sites for hydroxylation is 1. The Balaban J connectivity index is 1.76. The average Bonchev–Trinajstić information content (AvgIpc) is 3.04. The van der Waals surface area contributed by atoms with Gasteiger partial charge in [0.25, 0.3) is 5.91 Å². The molecule has 1 saturated heterocycles. The Morgan fingerprint density at radius 1 is 1.38 bits per heavy atom. The van der Waals surface area contributed by atoms with Crippen molar-refractivity contribution in [2.45, 2.75) is 25.9 Å². The highest BCUT2D eigenvalue weighted by Crippen LogP contribution is 2.18. The monoisotopic (exact) mass is 331 g/mol. The first-order valence-electron chi connectivity index (χ1n) is 7.94. The molecule has 1 atom stereocenters. The van der Waals surface area contributed by atoms with Crippen LogP contribution in [0.4, 0.5) is 4.79 Å². The van der Waals surface area contributed by atoms with E-state index in [1.165, 1.54) is 4.90 Å². The number of aromatic nitrogens is 3. The molecule has 1 aliphatic heterocycles. The van der Waals surface area contributed by atoms with E-state index in [4.69, 9.17) is 4.74 Å². The number of carbonyl (C=O) groups excluding carboxylic acids is 2. The highest BCUT2D eigenvalue weighted by Gasteiger charge is 2.28. The predicted octanol–water partition coefficient (Wildman–Crippen LogP) is 1.34. The van der Waals surface area contributed by atoms with Crippen LogP contribution in [0.2, 0.25) is 0 Å². The second kappa shape index (κ2) is 6.46. The zero-order valence-corrected chi connectivity index (χ0v) is 14.1. The number of carbonyl (C=O) groups is 2. The molecule has 0 aromatic carbocycles. The van der Waals surface area contributed by atoms with Gasteiger partial charge in [0.05, 0.1) is 24.0 Å². The first-order chi connectivity index (χ1) is 11.5. The van der Waals surface area contributed by atoms with Crippen LogP contribution in [0.25, 0.3) is 5.65 Å². The van der Waals surface area contributed by atoms with E-state index in [0.29, 0.717) is 24.3 Å². The van der Waals surface area contributed by atoms with Crippen LogP contribution in [0.5, 0.6) is 0 Å². The number of fused-ring (bicyclic) bond motifs is 1. The highest BCUT2D eigenvalue weighted by atomic mass is 16.6. The lowest BCUT2D eigenvalue weighted by atomic mass is 10.1. The zero-order valence-electron chi connectivity index (χ0n) is 14.1. The number of hydrogen-bond donors (Lipinski definition) is 0. The molecule has 3 heterocycles. The molecule has 0 N–H and O–H groups in total. The van der Waals surface area contributed by atoms with Crippen LogP contribution in [-0.2, 0) is 4.74 Å². The minimum Gasteiger partial charge on any atom is -0.444 e. The van der Waals surface area contributed by atoms with Crippen LogP contribution in [0.3, 0.4) is 0 Å². The van der Waals surface area contributed by atoms with Gasteiger partial charge in [-0.25, -0.2) is 14.3 Å². The van der Waals surface area contributed by atoms with E-state index in [2.05, 4.69) is 10.1 Å². The van der Waals surface area contributed by atoms with E-state index in [9.17, 15) is 9.59 Å². The van der Waals surface area contributed by atoms with Gasteiger partial charge in [0.2, 0.25) is 0 Å². The topological polar surface area (TPSA) is 80.0 Å². The summed E-state index contributed by atoms with van der Waals surface area (Å²) in [4.78, 5) is 31.9. The van der Waals surface area contributed by atoms with E-state index in [-0.39, 0.29) is 18.1 Å². The maximum absolute atomic E-state index is 12.8. The van der Waals surface area contributed by atoms with Crippen molar-refractivity contribution in [2.75, 3.05) is 27.2 Å². The fourth-order valence-electron chi connectivity index (χ4n) is 2.84. The molecule has 2 aromatic heterocycles. The zero-order chi connectivity index (χ0) is 17.3. The van der Waals surface area contributed by atoms with Crippen LogP contribution in [0.15, 0.2) is 18.5 Å². The lowest BCUT2D eigenvalue weighted by molar-refractivity contribution is 0.0251. The van der Waals surface area contributed by atoms with Gasteiger partial charge >= 0.3 is 6.09 Å². The summed E-state index contributed by atoms with van der Waals surface area (Å²) in [6.45, 7) is 2.89. The van der Waals surface area contributed by atoms with Crippen LogP contribution in [0.1, 0.15) is 28.9 Å². The van der Waals surface area contributed by atoms with Crippen LogP contribution < -0.4 is 0 Å². The Hall–Kier alpha value is -2.64. The fourth-order valence-corrected chi connectivity index (χ4v) is 2.84. The lowest BCUT2D eigenvalue weighted by Gasteiger charge is -2.33. The Labute approximate surface area is 140 Å². The average molecular weight is 331 g/mol. The minimum absolute atomic E-state index is 0.108. The Morgan fingerprint density at radius 3 is 2.92 bits per heavy atom. The maximum Gasteiger partial charge on any atom is 0.409 e. The quantitative estimate of drug-likeness (QED) is 0.829. The number of ether oxygens (including phenoxy) is 1. The van der Waals surface area contributed by atoms with Gasteiger partial charge in [-0.3, -0.25) is 4.79 Å². The standard InChI is InChI=1S/C16H21N5O3/c1-11-13(9-17-14-6-7-18-21(11)14)15(22)20-8-4-5-12(10-20)24-16(23)19(2)3/h6-7,9,12H,4-5,8,10H2,1-3H3. The van der Waals surface area contributed by atoms with Gasteiger partial charge in [0.15, 0.2) is 5.65 Å². The molecule has 0 saturated carbocycles. The summed E-state index contributed by atoms with van der Waals surface area (Å²) in [5.74, 6) is -0.108. The first kappa shape index (κ1) is 16.2. The molecule has 0 bridgehead atoms. The molecule has 8 heteroatoms. The Kier molecular flexibility index (Phi) is 4.37. The molecule has 2 aromatic rings. The highest BCUT2D eigenvalue weighted by molar-refractivity contribution is 5.95. The molecule has 24 heavy (non-hydrogen) atoms. The van der Waals surface area contributed by atoms with Gasteiger partial charge in [-0.15, -0.1) is 0 Å². The second-order valence-corrected chi connectivity index (χ2v) is 6.15. The molecule has 1 unspecified atom stereocenters. The van der Waals surface area contributed by atoms with Gasteiger partial charge in [-0.05, 0) is 19.8 Å². The summed E-state index contributed by atoms with van der Waals surface area (Å²) >= 11 is 0. The molecular weight excluding hydrogens is 310 g/mol. The SMILES string of the molecule is Cc1c(C(=O)N2CCCC(OC(=O)N(C)C)C2)cnc2ccnn12. The number of piperidine rings is 1. The van der Waals surface area contributed by atoms with Crippen LogP contribution in [0, 0.1) is 6.92 Å². The summed E-state index contributed by atoms with van der Waals surface area (Å²) in [5.41, 5.74) is 1.98. The summed E-state index contributed by atoms with van der Waals surface area (Å²) in [6, 6.07) is 1.79. The summed E-state index contributed by atoms with van der Waals surface area (Å²) < 4.78 is 7.07. The third kappa shape index (κ3) is 3.04.